The summed E-state index contributed by atoms with van der Waals surface area (Å²) in [4.78, 5) is 14.1. The van der Waals surface area contributed by atoms with Gasteiger partial charge in [-0.3, -0.25) is 9.69 Å². The Morgan fingerprint density at radius 2 is 1.85 bits per heavy atom. The van der Waals surface area contributed by atoms with E-state index >= 15 is 0 Å². The summed E-state index contributed by atoms with van der Waals surface area (Å²) in [7, 11) is 0. The topological polar surface area (TPSA) is 40.5 Å². The van der Waals surface area contributed by atoms with Crippen LogP contribution in [0.3, 0.4) is 0 Å². The van der Waals surface area contributed by atoms with E-state index in [2.05, 4.69) is 13.8 Å². The van der Waals surface area contributed by atoms with Crippen LogP contribution in [0.15, 0.2) is 24.3 Å². The third-order valence-electron chi connectivity index (χ3n) is 3.54. The lowest BCUT2D eigenvalue weighted by Crippen LogP contribution is -2.40. The van der Waals surface area contributed by atoms with Crippen molar-refractivity contribution in [3.8, 4) is 0 Å². The van der Waals surface area contributed by atoms with E-state index in [1.54, 1.807) is 12.1 Å². The first kappa shape index (κ1) is 16.8. The predicted molar refractivity (Wildman–Crippen MR) is 78.1 cm³/mol. The highest BCUT2D eigenvalue weighted by Crippen LogP contribution is 2.10. The van der Waals surface area contributed by atoms with E-state index < -0.39 is 0 Å². The molecule has 0 unspecified atom stereocenters. The zero-order valence-electron chi connectivity index (χ0n) is 12.3. The van der Waals surface area contributed by atoms with Crippen LogP contribution in [-0.2, 0) is 11.2 Å². The van der Waals surface area contributed by atoms with Gasteiger partial charge in [-0.15, -0.1) is 0 Å². The SMILES string of the molecule is CCC(CC)N(CCO)CC(=O)Cc1ccc(F)cc1. The molecule has 0 saturated heterocycles. The van der Waals surface area contributed by atoms with E-state index in [9.17, 15) is 9.18 Å². The summed E-state index contributed by atoms with van der Waals surface area (Å²) in [6, 6.07) is 6.34. The number of nitrogens with zero attached hydrogens (tertiary/aromatic N) is 1. The molecule has 0 atom stereocenters. The van der Waals surface area contributed by atoms with E-state index in [1.807, 2.05) is 4.90 Å². The predicted octanol–water partition coefficient (Wildman–Crippen LogP) is 2.42. The molecule has 0 amide bonds. The van der Waals surface area contributed by atoms with Crippen molar-refractivity contribution in [2.75, 3.05) is 19.7 Å². The van der Waals surface area contributed by atoms with E-state index in [-0.39, 0.29) is 18.2 Å². The highest BCUT2D eigenvalue weighted by atomic mass is 19.1. The van der Waals surface area contributed by atoms with Gasteiger partial charge in [-0.05, 0) is 30.5 Å². The van der Waals surface area contributed by atoms with Crippen molar-refractivity contribution in [2.45, 2.75) is 39.2 Å². The molecule has 1 N–H and O–H groups in total. The minimum absolute atomic E-state index is 0.0559. The number of aliphatic hydroxyl groups excluding tert-OH is 1. The quantitative estimate of drug-likeness (QED) is 0.755. The molecule has 0 fully saturated rings. The summed E-state index contributed by atoms with van der Waals surface area (Å²) < 4.78 is 12.8. The van der Waals surface area contributed by atoms with Gasteiger partial charge in [0, 0.05) is 19.0 Å². The Hall–Kier alpha value is -1.26. The molecule has 112 valence electrons. The second-order valence-corrected chi connectivity index (χ2v) is 5.01. The van der Waals surface area contributed by atoms with Crippen molar-refractivity contribution in [2.24, 2.45) is 0 Å². The molecule has 0 saturated carbocycles. The van der Waals surface area contributed by atoms with Gasteiger partial charge in [-0.1, -0.05) is 26.0 Å². The van der Waals surface area contributed by atoms with E-state index in [4.69, 9.17) is 5.11 Å². The van der Waals surface area contributed by atoms with Gasteiger partial charge in [0.1, 0.15) is 5.82 Å². The number of hydrogen-bond donors (Lipinski definition) is 1. The Kier molecular flexibility index (Phi) is 7.41. The summed E-state index contributed by atoms with van der Waals surface area (Å²) in [5, 5.41) is 9.12. The van der Waals surface area contributed by atoms with Crippen molar-refractivity contribution in [3.63, 3.8) is 0 Å². The van der Waals surface area contributed by atoms with Crippen molar-refractivity contribution in [1.29, 1.82) is 0 Å². The lowest BCUT2D eigenvalue weighted by molar-refractivity contribution is -0.120. The summed E-state index contributed by atoms with van der Waals surface area (Å²) in [6.45, 7) is 5.08. The lowest BCUT2D eigenvalue weighted by atomic mass is 10.1. The molecule has 0 heterocycles. The Morgan fingerprint density at radius 1 is 1.25 bits per heavy atom. The zero-order chi connectivity index (χ0) is 15.0. The molecule has 0 aliphatic carbocycles. The second-order valence-electron chi connectivity index (χ2n) is 5.01. The van der Waals surface area contributed by atoms with Crippen molar-refractivity contribution in [3.05, 3.63) is 35.6 Å². The van der Waals surface area contributed by atoms with E-state index in [1.165, 1.54) is 12.1 Å². The number of ketones is 1. The van der Waals surface area contributed by atoms with E-state index in [0.717, 1.165) is 18.4 Å². The first-order valence-corrected chi connectivity index (χ1v) is 7.21. The van der Waals surface area contributed by atoms with Crippen LogP contribution < -0.4 is 0 Å². The Morgan fingerprint density at radius 3 is 2.35 bits per heavy atom. The normalized spacial score (nSPS) is 11.3. The fraction of sp³-hybridized carbons (Fsp3) is 0.562. The number of carbonyl (C=O) groups is 1. The Balaban J connectivity index is 2.59. The fourth-order valence-electron chi connectivity index (χ4n) is 2.44. The molecule has 4 heteroatoms. The summed E-state index contributed by atoms with van der Waals surface area (Å²) in [6.07, 6.45) is 2.23. The van der Waals surface area contributed by atoms with Crippen LogP contribution in [0.1, 0.15) is 32.3 Å². The number of aliphatic hydroxyl groups is 1. The van der Waals surface area contributed by atoms with Gasteiger partial charge in [0.15, 0.2) is 5.78 Å². The number of carbonyl (C=O) groups excluding carboxylic acids is 1. The van der Waals surface area contributed by atoms with Crippen LogP contribution in [0.25, 0.3) is 0 Å². The third kappa shape index (κ3) is 5.39. The van der Waals surface area contributed by atoms with Crippen LogP contribution in [0.2, 0.25) is 0 Å². The summed E-state index contributed by atoms with van der Waals surface area (Å²) in [5.74, 6) is -0.197. The second kappa shape index (κ2) is 8.82. The van der Waals surface area contributed by atoms with Crippen LogP contribution in [0.5, 0.6) is 0 Å². The van der Waals surface area contributed by atoms with Gasteiger partial charge < -0.3 is 5.11 Å². The highest BCUT2D eigenvalue weighted by Gasteiger charge is 2.17. The number of rotatable bonds is 9. The molecule has 20 heavy (non-hydrogen) atoms. The average Bonchev–Trinajstić information content (AvgIpc) is 2.43. The van der Waals surface area contributed by atoms with Gasteiger partial charge in [-0.25, -0.2) is 4.39 Å². The standard InChI is InChI=1S/C16H24FNO2/c1-3-15(4-2)18(9-10-19)12-16(20)11-13-5-7-14(17)8-6-13/h5-8,15,19H,3-4,9-12H2,1-2H3. The van der Waals surface area contributed by atoms with Gasteiger partial charge in [0.25, 0.3) is 0 Å². The van der Waals surface area contributed by atoms with Crippen LogP contribution in [0, 0.1) is 5.82 Å². The average molecular weight is 281 g/mol. The van der Waals surface area contributed by atoms with Crippen molar-refractivity contribution < 1.29 is 14.3 Å². The highest BCUT2D eigenvalue weighted by molar-refractivity contribution is 5.82. The fourth-order valence-corrected chi connectivity index (χ4v) is 2.44. The lowest BCUT2D eigenvalue weighted by Gasteiger charge is -2.29. The maximum absolute atomic E-state index is 12.8. The minimum Gasteiger partial charge on any atom is -0.395 e. The molecule has 0 radical (unpaired) electrons. The maximum Gasteiger partial charge on any atom is 0.151 e. The van der Waals surface area contributed by atoms with Gasteiger partial charge >= 0.3 is 0 Å². The van der Waals surface area contributed by atoms with Crippen LogP contribution >= 0.6 is 0 Å². The molecule has 0 spiro atoms. The number of Topliss-reactive ketones (excluding diaryl/α,β-unsaturated/α-hetero) is 1. The van der Waals surface area contributed by atoms with Crippen molar-refractivity contribution >= 4 is 5.78 Å². The molecule has 0 aliphatic rings. The molecule has 1 aromatic rings. The first-order valence-electron chi connectivity index (χ1n) is 7.21. The Bertz CT molecular complexity index is 401. The molecular weight excluding hydrogens is 257 g/mol. The number of hydrogen-bond acceptors (Lipinski definition) is 3. The molecule has 1 aromatic carbocycles. The number of benzene rings is 1. The molecule has 0 aromatic heterocycles. The minimum atomic E-state index is -0.292. The maximum atomic E-state index is 12.8. The molecule has 1 rings (SSSR count). The van der Waals surface area contributed by atoms with Gasteiger partial charge in [0.2, 0.25) is 0 Å². The third-order valence-corrected chi connectivity index (χ3v) is 3.54. The molecule has 0 bridgehead atoms. The van der Waals surface area contributed by atoms with Crippen molar-refractivity contribution in [1.82, 2.24) is 4.90 Å². The molecular formula is C16H24FNO2. The van der Waals surface area contributed by atoms with Gasteiger partial charge in [-0.2, -0.15) is 0 Å². The Labute approximate surface area is 120 Å². The number of halogens is 1. The van der Waals surface area contributed by atoms with E-state index in [0.29, 0.717) is 25.6 Å². The largest absolute Gasteiger partial charge is 0.395 e. The van der Waals surface area contributed by atoms with Crippen LogP contribution in [-0.4, -0.2) is 41.5 Å². The van der Waals surface area contributed by atoms with Crippen LogP contribution in [0.4, 0.5) is 4.39 Å². The molecule has 3 nitrogen and oxygen atoms in total. The summed E-state index contributed by atoms with van der Waals surface area (Å²) >= 11 is 0. The first-order chi connectivity index (χ1) is 9.60. The van der Waals surface area contributed by atoms with Gasteiger partial charge in [0.05, 0.1) is 13.2 Å². The smallest absolute Gasteiger partial charge is 0.151 e. The summed E-state index contributed by atoms with van der Waals surface area (Å²) in [5.41, 5.74) is 0.824. The zero-order valence-corrected chi connectivity index (χ0v) is 12.3. The molecule has 0 aliphatic heterocycles. The monoisotopic (exact) mass is 281 g/mol.